The normalized spacial score (nSPS) is 13.7. The maximum absolute atomic E-state index is 12.3. The quantitative estimate of drug-likeness (QED) is 0.803. The van der Waals surface area contributed by atoms with Crippen molar-refractivity contribution in [2.75, 3.05) is 20.8 Å². The van der Waals surface area contributed by atoms with Gasteiger partial charge in [-0.25, -0.2) is 0 Å². The summed E-state index contributed by atoms with van der Waals surface area (Å²) in [6.45, 7) is 6.42. The molecule has 1 atom stereocenters. The topological polar surface area (TPSA) is 73.6 Å². The van der Waals surface area contributed by atoms with Gasteiger partial charge in [-0.1, -0.05) is 19.9 Å². The molecular weight excluding hydrogens is 268 g/mol. The van der Waals surface area contributed by atoms with Crippen LogP contribution in [0.2, 0.25) is 0 Å². The predicted octanol–water partition coefficient (Wildman–Crippen LogP) is 1.74. The van der Waals surface area contributed by atoms with Crippen molar-refractivity contribution in [3.8, 4) is 11.5 Å². The number of carbonyl (C=O) groups is 1. The summed E-state index contributed by atoms with van der Waals surface area (Å²) in [6.07, 6.45) is 0.190. The van der Waals surface area contributed by atoms with Crippen LogP contribution in [0.5, 0.6) is 11.5 Å². The molecule has 1 unspecified atom stereocenters. The molecule has 0 fully saturated rings. The molecule has 1 aromatic rings. The van der Waals surface area contributed by atoms with Crippen LogP contribution in [0.1, 0.15) is 26.3 Å². The second-order valence-corrected chi connectivity index (χ2v) is 5.64. The van der Waals surface area contributed by atoms with Gasteiger partial charge in [0.05, 0.1) is 26.2 Å². The molecule has 0 bridgehead atoms. The van der Waals surface area contributed by atoms with Crippen molar-refractivity contribution < 1.29 is 14.3 Å². The number of methoxy groups -OCH3 is 2. The predicted molar refractivity (Wildman–Crippen MR) is 83.7 cm³/mol. The Morgan fingerprint density at radius 3 is 2.19 bits per heavy atom. The number of nitrogens with one attached hydrogen (secondary N) is 1. The standard InChI is InChI=1S/C16H26N2O3/c1-11(2)16(3,10-17)18-15(19)9-12-13(20-4)7-6-8-14(12)21-5/h6-8,11H,9-10,17H2,1-5H3,(H,18,19). The highest BCUT2D eigenvalue weighted by Crippen LogP contribution is 2.29. The molecule has 0 radical (unpaired) electrons. The number of ether oxygens (including phenoxy) is 2. The molecule has 0 spiro atoms. The minimum atomic E-state index is -0.424. The summed E-state index contributed by atoms with van der Waals surface area (Å²) in [4.78, 5) is 12.3. The van der Waals surface area contributed by atoms with Crippen LogP contribution < -0.4 is 20.5 Å². The third kappa shape index (κ3) is 4.11. The van der Waals surface area contributed by atoms with Crippen molar-refractivity contribution in [2.45, 2.75) is 32.7 Å². The Balaban J connectivity index is 2.93. The first-order valence-electron chi connectivity index (χ1n) is 7.09. The van der Waals surface area contributed by atoms with Crippen molar-refractivity contribution in [3.63, 3.8) is 0 Å². The molecule has 0 saturated heterocycles. The molecular formula is C16H26N2O3. The Morgan fingerprint density at radius 1 is 1.29 bits per heavy atom. The molecule has 0 saturated carbocycles. The van der Waals surface area contributed by atoms with E-state index < -0.39 is 5.54 Å². The van der Waals surface area contributed by atoms with Crippen LogP contribution in [-0.4, -0.2) is 32.2 Å². The molecule has 1 rings (SSSR count). The van der Waals surface area contributed by atoms with Gasteiger partial charge in [0.25, 0.3) is 0 Å². The van der Waals surface area contributed by atoms with Crippen molar-refractivity contribution in [1.29, 1.82) is 0 Å². The molecule has 0 aliphatic heterocycles. The zero-order chi connectivity index (χ0) is 16.0. The van der Waals surface area contributed by atoms with E-state index >= 15 is 0 Å². The summed E-state index contributed by atoms with van der Waals surface area (Å²) in [6, 6.07) is 5.46. The summed E-state index contributed by atoms with van der Waals surface area (Å²) in [5, 5.41) is 3.02. The maximum Gasteiger partial charge on any atom is 0.225 e. The van der Waals surface area contributed by atoms with E-state index in [2.05, 4.69) is 5.32 Å². The molecule has 21 heavy (non-hydrogen) atoms. The number of amides is 1. The summed E-state index contributed by atoms with van der Waals surface area (Å²) < 4.78 is 10.6. The minimum absolute atomic E-state index is 0.0977. The van der Waals surface area contributed by atoms with Crippen molar-refractivity contribution in [3.05, 3.63) is 23.8 Å². The second kappa shape index (κ2) is 7.31. The van der Waals surface area contributed by atoms with Gasteiger partial charge < -0.3 is 20.5 Å². The van der Waals surface area contributed by atoms with E-state index in [-0.39, 0.29) is 18.2 Å². The Hall–Kier alpha value is -1.75. The third-order valence-corrected chi connectivity index (χ3v) is 3.99. The molecule has 0 aliphatic carbocycles. The zero-order valence-electron chi connectivity index (χ0n) is 13.5. The molecule has 5 nitrogen and oxygen atoms in total. The molecule has 0 aliphatic rings. The molecule has 1 amide bonds. The molecule has 1 aromatic carbocycles. The van der Waals surface area contributed by atoms with E-state index in [9.17, 15) is 4.79 Å². The molecule has 5 heteroatoms. The van der Waals surface area contributed by atoms with Gasteiger partial charge in [0.15, 0.2) is 0 Å². The van der Waals surface area contributed by atoms with Gasteiger partial charge in [0.1, 0.15) is 11.5 Å². The van der Waals surface area contributed by atoms with Gasteiger partial charge in [0, 0.05) is 12.1 Å². The van der Waals surface area contributed by atoms with E-state index in [1.165, 1.54) is 0 Å². The summed E-state index contributed by atoms with van der Waals surface area (Å²) in [7, 11) is 3.16. The number of nitrogens with two attached hydrogens (primary N) is 1. The van der Waals surface area contributed by atoms with Crippen LogP contribution >= 0.6 is 0 Å². The van der Waals surface area contributed by atoms with Gasteiger partial charge in [-0.2, -0.15) is 0 Å². The van der Waals surface area contributed by atoms with Gasteiger partial charge >= 0.3 is 0 Å². The maximum atomic E-state index is 12.3. The number of benzene rings is 1. The monoisotopic (exact) mass is 294 g/mol. The Kier molecular flexibility index (Phi) is 6.03. The van der Waals surface area contributed by atoms with Crippen LogP contribution in [0.15, 0.2) is 18.2 Å². The second-order valence-electron chi connectivity index (χ2n) is 5.64. The highest BCUT2D eigenvalue weighted by atomic mass is 16.5. The van der Waals surface area contributed by atoms with E-state index in [1.54, 1.807) is 14.2 Å². The van der Waals surface area contributed by atoms with Crippen LogP contribution in [-0.2, 0) is 11.2 Å². The SMILES string of the molecule is COc1cccc(OC)c1CC(=O)NC(C)(CN)C(C)C. The Labute approximate surface area is 126 Å². The van der Waals surface area contributed by atoms with E-state index in [1.807, 2.05) is 39.0 Å². The van der Waals surface area contributed by atoms with Crippen LogP contribution in [0.3, 0.4) is 0 Å². The smallest absolute Gasteiger partial charge is 0.225 e. The van der Waals surface area contributed by atoms with Crippen molar-refractivity contribution in [2.24, 2.45) is 11.7 Å². The molecule has 118 valence electrons. The minimum Gasteiger partial charge on any atom is -0.496 e. The lowest BCUT2D eigenvalue weighted by Crippen LogP contribution is -2.55. The molecule has 0 aromatic heterocycles. The van der Waals surface area contributed by atoms with E-state index in [4.69, 9.17) is 15.2 Å². The van der Waals surface area contributed by atoms with Gasteiger partial charge in [0.2, 0.25) is 5.91 Å². The lowest BCUT2D eigenvalue weighted by atomic mass is 9.88. The zero-order valence-corrected chi connectivity index (χ0v) is 13.5. The van der Waals surface area contributed by atoms with Crippen LogP contribution in [0, 0.1) is 5.92 Å². The average Bonchev–Trinajstić information content (AvgIpc) is 2.46. The lowest BCUT2D eigenvalue weighted by molar-refractivity contribution is -0.122. The fourth-order valence-electron chi connectivity index (χ4n) is 2.06. The Morgan fingerprint density at radius 2 is 1.81 bits per heavy atom. The highest BCUT2D eigenvalue weighted by molar-refractivity contribution is 5.81. The number of hydrogen-bond donors (Lipinski definition) is 2. The first kappa shape index (κ1) is 17.3. The lowest BCUT2D eigenvalue weighted by Gasteiger charge is -2.33. The fourth-order valence-corrected chi connectivity index (χ4v) is 2.06. The van der Waals surface area contributed by atoms with Gasteiger partial charge in [-0.15, -0.1) is 0 Å². The third-order valence-electron chi connectivity index (χ3n) is 3.99. The average molecular weight is 294 g/mol. The van der Waals surface area contributed by atoms with Gasteiger partial charge in [-0.3, -0.25) is 4.79 Å². The van der Waals surface area contributed by atoms with Crippen LogP contribution in [0.4, 0.5) is 0 Å². The summed E-state index contributed by atoms with van der Waals surface area (Å²) in [5.74, 6) is 1.43. The van der Waals surface area contributed by atoms with Gasteiger partial charge in [-0.05, 0) is 25.0 Å². The summed E-state index contributed by atoms with van der Waals surface area (Å²) >= 11 is 0. The largest absolute Gasteiger partial charge is 0.496 e. The first-order valence-corrected chi connectivity index (χ1v) is 7.09. The van der Waals surface area contributed by atoms with Crippen molar-refractivity contribution in [1.82, 2.24) is 5.32 Å². The Bertz CT molecular complexity index is 466. The van der Waals surface area contributed by atoms with Crippen molar-refractivity contribution >= 4 is 5.91 Å². The van der Waals surface area contributed by atoms with E-state index in [0.29, 0.717) is 18.0 Å². The highest BCUT2D eigenvalue weighted by Gasteiger charge is 2.29. The number of carbonyl (C=O) groups excluding carboxylic acids is 1. The molecule has 0 heterocycles. The first-order chi connectivity index (χ1) is 9.87. The number of rotatable bonds is 7. The summed E-state index contributed by atoms with van der Waals surface area (Å²) in [5.41, 5.74) is 6.11. The van der Waals surface area contributed by atoms with E-state index in [0.717, 1.165) is 5.56 Å². The fraction of sp³-hybridized carbons (Fsp3) is 0.562. The molecule has 3 N–H and O–H groups in total. The number of hydrogen-bond acceptors (Lipinski definition) is 4. The van der Waals surface area contributed by atoms with Crippen LogP contribution in [0.25, 0.3) is 0 Å².